The summed E-state index contributed by atoms with van der Waals surface area (Å²) >= 11 is 7.51. The lowest BCUT2D eigenvalue weighted by atomic mass is 10.2. The molecule has 0 aliphatic carbocycles. The van der Waals surface area contributed by atoms with Gasteiger partial charge in [0.05, 0.1) is 18.1 Å². The molecule has 2 heterocycles. The van der Waals surface area contributed by atoms with Gasteiger partial charge in [-0.2, -0.15) is 5.10 Å². The van der Waals surface area contributed by atoms with Gasteiger partial charge >= 0.3 is 0 Å². The van der Waals surface area contributed by atoms with Crippen molar-refractivity contribution in [3.8, 4) is 22.8 Å². The van der Waals surface area contributed by atoms with Crippen LogP contribution in [-0.2, 0) is 11.8 Å². The highest BCUT2D eigenvalue weighted by Gasteiger charge is 2.18. The maximum atomic E-state index is 12.6. The molecule has 0 atom stereocenters. The van der Waals surface area contributed by atoms with Crippen molar-refractivity contribution in [2.24, 2.45) is 7.05 Å². The lowest BCUT2D eigenvalue weighted by Crippen LogP contribution is -2.16. The quantitative estimate of drug-likeness (QED) is 0.364. The number of carbonyl (C=O) groups excluding carboxylic acids is 1. The number of ether oxygens (including phenoxy) is 1. The number of hydrogen-bond acceptors (Lipinski definition) is 6. The number of anilines is 1. The number of rotatable bonds is 8. The van der Waals surface area contributed by atoms with E-state index in [1.807, 2.05) is 73.0 Å². The number of carbonyl (C=O) groups is 1. The first kappa shape index (κ1) is 22.9. The van der Waals surface area contributed by atoms with Crippen LogP contribution in [0.3, 0.4) is 0 Å². The Hall–Kier alpha value is -3.30. The van der Waals surface area contributed by atoms with Crippen molar-refractivity contribution in [1.29, 1.82) is 0 Å². The van der Waals surface area contributed by atoms with Crippen LogP contribution in [0.15, 0.2) is 59.8 Å². The van der Waals surface area contributed by atoms with Crippen LogP contribution in [0, 0.1) is 6.92 Å². The largest absolute Gasteiger partial charge is 0.494 e. The Morgan fingerprint density at radius 1 is 1.15 bits per heavy atom. The lowest BCUT2D eigenvalue weighted by molar-refractivity contribution is -0.113. The van der Waals surface area contributed by atoms with E-state index in [0.29, 0.717) is 28.4 Å². The number of aryl methyl sites for hydroxylation is 2. The molecule has 1 amide bonds. The average molecular weight is 483 g/mol. The molecule has 0 aliphatic heterocycles. The van der Waals surface area contributed by atoms with Crippen LogP contribution < -0.4 is 10.1 Å². The van der Waals surface area contributed by atoms with Crippen LogP contribution in [0.2, 0.25) is 5.02 Å². The molecule has 0 radical (unpaired) electrons. The van der Waals surface area contributed by atoms with Gasteiger partial charge in [0.25, 0.3) is 0 Å². The molecule has 33 heavy (non-hydrogen) atoms. The molecule has 0 bridgehead atoms. The molecule has 8 nitrogen and oxygen atoms in total. The monoisotopic (exact) mass is 482 g/mol. The number of amides is 1. The molecule has 2 aromatic heterocycles. The fourth-order valence-corrected chi connectivity index (χ4v) is 4.25. The fourth-order valence-electron chi connectivity index (χ4n) is 3.31. The number of hydrogen-bond donors (Lipinski definition) is 1. The number of halogens is 1. The van der Waals surface area contributed by atoms with Crippen molar-refractivity contribution in [3.05, 3.63) is 65.3 Å². The smallest absolute Gasteiger partial charge is 0.235 e. The minimum Gasteiger partial charge on any atom is -0.494 e. The zero-order valence-corrected chi connectivity index (χ0v) is 20.0. The van der Waals surface area contributed by atoms with E-state index in [1.165, 1.54) is 11.8 Å². The maximum Gasteiger partial charge on any atom is 0.235 e. The van der Waals surface area contributed by atoms with Gasteiger partial charge in [-0.25, -0.2) is 0 Å². The molecule has 10 heteroatoms. The average Bonchev–Trinajstić information content (AvgIpc) is 3.35. The third kappa shape index (κ3) is 5.37. The van der Waals surface area contributed by atoms with Crippen molar-refractivity contribution in [2.45, 2.75) is 19.0 Å². The Morgan fingerprint density at radius 2 is 1.94 bits per heavy atom. The van der Waals surface area contributed by atoms with Gasteiger partial charge in [0.1, 0.15) is 11.6 Å². The highest BCUT2D eigenvalue weighted by atomic mass is 35.5. The van der Waals surface area contributed by atoms with E-state index in [9.17, 15) is 4.79 Å². The number of nitrogens with one attached hydrogen (secondary N) is 1. The van der Waals surface area contributed by atoms with Crippen LogP contribution >= 0.6 is 23.4 Å². The first-order valence-corrected chi connectivity index (χ1v) is 11.7. The highest BCUT2D eigenvalue weighted by Crippen LogP contribution is 2.30. The molecule has 0 unspecified atom stereocenters. The molecule has 0 aliphatic rings. The molecule has 0 spiro atoms. The van der Waals surface area contributed by atoms with Crippen LogP contribution in [0.1, 0.15) is 12.6 Å². The minimum atomic E-state index is -0.159. The zero-order valence-electron chi connectivity index (χ0n) is 18.4. The van der Waals surface area contributed by atoms with Crippen molar-refractivity contribution < 1.29 is 9.53 Å². The first-order chi connectivity index (χ1) is 15.9. The Bertz CT molecular complexity index is 1270. The molecule has 0 saturated carbocycles. The van der Waals surface area contributed by atoms with Crippen LogP contribution in [0.4, 0.5) is 5.82 Å². The van der Waals surface area contributed by atoms with Gasteiger partial charge in [0, 0.05) is 29.4 Å². The molecule has 2 aromatic carbocycles. The van der Waals surface area contributed by atoms with E-state index in [1.54, 1.807) is 11.7 Å². The van der Waals surface area contributed by atoms with Crippen LogP contribution in [0.25, 0.3) is 17.1 Å². The van der Waals surface area contributed by atoms with Gasteiger partial charge in [-0.05, 0) is 50.2 Å². The number of benzene rings is 2. The molecule has 1 N–H and O–H groups in total. The van der Waals surface area contributed by atoms with E-state index in [4.69, 9.17) is 16.3 Å². The van der Waals surface area contributed by atoms with Gasteiger partial charge in [-0.15, -0.1) is 10.2 Å². The molecular formula is C23H23ClN6O2S. The van der Waals surface area contributed by atoms with Crippen molar-refractivity contribution in [3.63, 3.8) is 0 Å². The minimum absolute atomic E-state index is 0.159. The van der Waals surface area contributed by atoms with Gasteiger partial charge < -0.3 is 10.1 Å². The predicted molar refractivity (Wildman–Crippen MR) is 130 cm³/mol. The Kier molecular flexibility index (Phi) is 7.00. The van der Waals surface area contributed by atoms with E-state index in [0.717, 1.165) is 22.7 Å². The van der Waals surface area contributed by atoms with E-state index in [-0.39, 0.29) is 11.7 Å². The second-order valence-electron chi connectivity index (χ2n) is 7.21. The maximum absolute atomic E-state index is 12.6. The van der Waals surface area contributed by atoms with Crippen molar-refractivity contribution in [2.75, 3.05) is 17.7 Å². The Morgan fingerprint density at radius 3 is 2.61 bits per heavy atom. The molecule has 0 saturated heterocycles. The summed E-state index contributed by atoms with van der Waals surface area (Å²) in [7, 11) is 1.79. The van der Waals surface area contributed by atoms with Crippen molar-refractivity contribution >= 4 is 35.1 Å². The standard InChI is InChI=1S/C23H23ClN6O2S/c1-4-32-19-10-8-18(9-11-19)30-22(16-6-5-7-17(24)13-16)26-27-23(30)33-14-21(31)25-20-12-15(2)28-29(20)3/h5-13H,4,14H2,1-3H3,(H,25,31). The summed E-state index contributed by atoms with van der Waals surface area (Å²) in [5.74, 6) is 2.05. The summed E-state index contributed by atoms with van der Waals surface area (Å²) in [5, 5.41) is 17.1. The lowest BCUT2D eigenvalue weighted by Gasteiger charge is -2.12. The molecule has 4 rings (SSSR count). The number of aromatic nitrogens is 5. The van der Waals surface area contributed by atoms with Gasteiger partial charge in [0.15, 0.2) is 11.0 Å². The zero-order chi connectivity index (χ0) is 23.4. The predicted octanol–water partition coefficient (Wildman–Crippen LogP) is 4.76. The summed E-state index contributed by atoms with van der Waals surface area (Å²) < 4.78 is 9.11. The van der Waals surface area contributed by atoms with Gasteiger partial charge in [-0.1, -0.05) is 35.5 Å². The topological polar surface area (TPSA) is 86.9 Å². The Balaban J connectivity index is 1.62. The van der Waals surface area contributed by atoms with E-state index < -0.39 is 0 Å². The second-order valence-corrected chi connectivity index (χ2v) is 8.59. The summed E-state index contributed by atoms with van der Waals surface area (Å²) in [5.41, 5.74) is 2.51. The summed E-state index contributed by atoms with van der Waals surface area (Å²) in [4.78, 5) is 12.6. The molecule has 0 fully saturated rings. The fraction of sp³-hybridized carbons (Fsp3) is 0.217. The Labute approximate surface area is 200 Å². The van der Waals surface area contributed by atoms with Crippen molar-refractivity contribution in [1.82, 2.24) is 24.5 Å². The van der Waals surface area contributed by atoms with Crippen LogP contribution in [-0.4, -0.2) is 42.8 Å². The summed E-state index contributed by atoms with van der Waals surface area (Å²) in [6.07, 6.45) is 0. The summed E-state index contributed by atoms with van der Waals surface area (Å²) in [6, 6.07) is 16.9. The van der Waals surface area contributed by atoms with E-state index in [2.05, 4.69) is 20.6 Å². The number of nitrogens with zero attached hydrogens (tertiary/aromatic N) is 5. The SMILES string of the molecule is CCOc1ccc(-n2c(SCC(=O)Nc3cc(C)nn3C)nnc2-c2cccc(Cl)c2)cc1. The highest BCUT2D eigenvalue weighted by molar-refractivity contribution is 7.99. The summed E-state index contributed by atoms with van der Waals surface area (Å²) in [6.45, 7) is 4.41. The molecule has 4 aromatic rings. The van der Waals surface area contributed by atoms with E-state index >= 15 is 0 Å². The third-order valence-corrected chi connectivity index (χ3v) is 5.89. The van der Waals surface area contributed by atoms with Gasteiger partial charge in [-0.3, -0.25) is 14.0 Å². The third-order valence-electron chi connectivity index (χ3n) is 4.72. The first-order valence-electron chi connectivity index (χ1n) is 10.3. The molecular weight excluding hydrogens is 460 g/mol. The van der Waals surface area contributed by atoms with Crippen LogP contribution in [0.5, 0.6) is 5.75 Å². The second kappa shape index (κ2) is 10.1. The molecule has 170 valence electrons. The number of thioether (sulfide) groups is 1. The normalized spacial score (nSPS) is 10.9. The van der Waals surface area contributed by atoms with Gasteiger partial charge in [0.2, 0.25) is 5.91 Å².